The van der Waals surface area contributed by atoms with Gasteiger partial charge in [-0.3, -0.25) is 0 Å². The highest BCUT2D eigenvalue weighted by molar-refractivity contribution is 5.06. The Balaban J connectivity index is 2.20. The molecule has 0 aliphatic carbocycles. The zero-order chi connectivity index (χ0) is 8.81. The summed E-state index contributed by atoms with van der Waals surface area (Å²) in [6, 6.07) is 0.519. The van der Waals surface area contributed by atoms with Gasteiger partial charge in [0.2, 0.25) is 0 Å². The lowest BCUT2D eigenvalue weighted by atomic mass is 9.96. The number of rotatable bonds is 4. The van der Waals surface area contributed by atoms with Crippen molar-refractivity contribution in [2.75, 3.05) is 13.2 Å². The third-order valence-corrected chi connectivity index (χ3v) is 2.46. The van der Waals surface area contributed by atoms with Crippen LogP contribution in [0.4, 0.5) is 0 Å². The molecule has 2 N–H and O–H groups in total. The van der Waals surface area contributed by atoms with E-state index in [1.165, 1.54) is 24.8 Å². The van der Waals surface area contributed by atoms with Gasteiger partial charge >= 0.3 is 0 Å². The monoisotopic (exact) mass is 169 g/mol. The highest BCUT2D eigenvalue weighted by Gasteiger charge is 2.14. The zero-order valence-corrected chi connectivity index (χ0v) is 7.68. The van der Waals surface area contributed by atoms with Crippen molar-refractivity contribution in [3.63, 3.8) is 0 Å². The first-order chi connectivity index (χ1) is 5.84. The third kappa shape index (κ3) is 2.95. The third-order valence-electron chi connectivity index (χ3n) is 2.46. The molecule has 1 atom stereocenters. The van der Waals surface area contributed by atoms with Crippen LogP contribution >= 0.6 is 0 Å². The maximum atomic E-state index is 8.65. The van der Waals surface area contributed by atoms with Gasteiger partial charge in [0.15, 0.2) is 0 Å². The van der Waals surface area contributed by atoms with E-state index < -0.39 is 0 Å². The molecule has 0 aromatic carbocycles. The molecule has 1 aliphatic rings. The van der Waals surface area contributed by atoms with Crippen molar-refractivity contribution < 1.29 is 5.11 Å². The predicted octanol–water partition coefficient (Wildman–Crippen LogP) is 1.46. The maximum Gasteiger partial charge on any atom is 0.0434 e. The molecule has 2 heteroatoms. The van der Waals surface area contributed by atoms with E-state index in [0.29, 0.717) is 6.04 Å². The van der Waals surface area contributed by atoms with Crippen LogP contribution in [0.25, 0.3) is 0 Å². The summed E-state index contributed by atoms with van der Waals surface area (Å²) in [7, 11) is 0. The Labute approximate surface area is 74.7 Å². The van der Waals surface area contributed by atoms with Crippen LogP contribution in [0.3, 0.4) is 0 Å². The number of aliphatic hydroxyl groups excluding tert-OH is 1. The second-order valence-corrected chi connectivity index (χ2v) is 3.49. The molecular weight excluding hydrogens is 150 g/mol. The average Bonchev–Trinajstić information content (AvgIpc) is 2.15. The standard InChI is InChI=1S/C10H19NO/c1-9(5-4-8-12)10-6-2-3-7-11-10/h10-12H,1-8H2. The Morgan fingerprint density at radius 1 is 1.50 bits per heavy atom. The maximum absolute atomic E-state index is 8.65. The molecule has 0 spiro atoms. The minimum Gasteiger partial charge on any atom is -0.396 e. The van der Waals surface area contributed by atoms with Gasteiger partial charge < -0.3 is 10.4 Å². The van der Waals surface area contributed by atoms with Gasteiger partial charge in [-0.05, 0) is 32.2 Å². The fraction of sp³-hybridized carbons (Fsp3) is 0.800. The van der Waals surface area contributed by atoms with Gasteiger partial charge in [0.25, 0.3) is 0 Å². The highest BCUT2D eigenvalue weighted by atomic mass is 16.2. The van der Waals surface area contributed by atoms with Crippen LogP contribution in [0.1, 0.15) is 32.1 Å². The molecule has 0 amide bonds. The van der Waals surface area contributed by atoms with Gasteiger partial charge in [0.05, 0.1) is 0 Å². The summed E-state index contributed by atoms with van der Waals surface area (Å²) in [5, 5.41) is 12.1. The summed E-state index contributed by atoms with van der Waals surface area (Å²) >= 11 is 0. The summed E-state index contributed by atoms with van der Waals surface area (Å²) in [6.45, 7) is 5.45. The first-order valence-electron chi connectivity index (χ1n) is 4.86. The van der Waals surface area contributed by atoms with E-state index in [1.807, 2.05) is 0 Å². The lowest BCUT2D eigenvalue weighted by Gasteiger charge is -2.25. The van der Waals surface area contributed by atoms with E-state index in [2.05, 4.69) is 11.9 Å². The molecule has 1 unspecified atom stereocenters. The van der Waals surface area contributed by atoms with E-state index in [-0.39, 0.29) is 6.61 Å². The minimum atomic E-state index is 0.283. The number of hydrogen-bond donors (Lipinski definition) is 2. The van der Waals surface area contributed by atoms with Crippen molar-refractivity contribution in [1.82, 2.24) is 5.32 Å². The molecule has 1 aliphatic heterocycles. The largest absolute Gasteiger partial charge is 0.396 e. The molecule has 70 valence electrons. The van der Waals surface area contributed by atoms with Gasteiger partial charge in [0, 0.05) is 12.6 Å². The van der Waals surface area contributed by atoms with Crippen LogP contribution in [0.15, 0.2) is 12.2 Å². The van der Waals surface area contributed by atoms with Crippen molar-refractivity contribution in [3.05, 3.63) is 12.2 Å². The number of nitrogens with one attached hydrogen (secondary N) is 1. The second-order valence-electron chi connectivity index (χ2n) is 3.49. The first-order valence-corrected chi connectivity index (χ1v) is 4.86. The van der Waals surface area contributed by atoms with Gasteiger partial charge in [-0.25, -0.2) is 0 Å². The molecule has 12 heavy (non-hydrogen) atoms. The molecule has 0 bridgehead atoms. The predicted molar refractivity (Wildman–Crippen MR) is 51.1 cm³/mol. The van der Waals surface area contributed by atoms with Crippen LogP contribution in [-0.2, 0) is 0 Å². The lowest BCUT2D eigenvalue weighted by molar-refractivity contribution is 0.286. The van der Waals surface area contributed by atoms with Crippen molar-refractivity contribution in [2.45, 2.75) is 38.1 Å². The van der Waals surface area contributed by atoms with Crippen molar-refractivity contribution in [2.24, 2.45) is 0 Å². The van der Waals surface area contributed by atoms with Gasteiger partial charge in [-0.1, -0.05) is 18.6 Å². The molecule has 0 radical (unpaired) electrons. The van der Waals surface area contributed by atoms with Crippen molar-refractivity contribution >= 4 is 0 Å². The molecule has 1 fully saturated rings. The van der Waals surface area contributed by atoms with Gasteiger partial charge in [0.1, 0.15) is 0 Å². The Morgan fingerprint density at radius 2 is 2.33 bits per heavy atom. The Kier molecular flexibility index (Phi) is 4.33. The smallest absolute Gasteiger partial charge is 0.0434 e. The van der Waals surface area contributed by atoms with E-state index in [0.717, 1.165) is 19.4 Å². The number of aliphatic hydroxyl groups is 1. The normalized spacial score (nSPS) is 23.9. The summed E-state index contributed by atoms with van der Waals surface area (Å²) in [5.41, 5.74) is 1.27. The van der Waals surface area contributed by atoms with E-state index in [4.69, 9.17) is 5.11 Å². The number of hydrogen-bond acceptors (Lipinski definition) is 2. The molecule has 1 heterocycles. The SMILES string of the molecule is C=C(CCCO)C1CCCCN1. The molecule has 1 saturated heterocycles. The van der Waals surface area contributed by atoms with Crippen molar-refractivity contribution in [1.29, 1.82) is 0 Å². The topological polar surface area (TPSA) is 32.3 Å². The zero-order valence-electron chi connectivity index (χ0n) is 7.68. The minimum absolute atomic E-state index is 0.283. The molecule has 2 nitrogen and oxygen atoms in total. The van der Waals surface area contributed by atoms with Gasteiger partial charge in [-0.2, -0.15) is 0 Å². The summed E-state index contributed by atoms with van der Waals surface area (Å²) in [5.74, 6) is 0. The molecule has 0 saturated carbocycles. The van der Waals surface area contributed by atoms with Crippen LogP contribution in [0.5, 0.6) is 0 Å². The van der Waals surface area contributed by atoms with Crippen LogP contribution in [0, 0.1) is 0 Å². The summed E-state index contributed by atoms with van der Waals surface area (Å²) in [4.78, 5) is 0. The van der Waals surface area contributed by atoms with E-state index >= 15 is 0 Å². The molecular formula is C10H19NO. The van der Waals surface area contributed by atoms with Gasteiger partial charge in [-0.15, -0.1) is 0 Å². The fourth-order valence-electron chi connectivity index (χ4n) is 1.68. The highest BCUT2D eigenvalue weighted by Crippen LogP contribution is 2.16. The summed E-state index contributed by atoms with van der Waals surface area (Å²) in [6.07, 6.45) is 5.66. The van der Waals surface area contributed by atoms with Crippen molar-refractivity contribution in [3.8, 4) is 0 Å². The molecule has 0 aromatic rings. The fourth-order valence-corrected chi connectivity index (χ4v) is 1.68. The van der Waals surface area contributed by atoms with E-state index in [1.54, 1.807) is 0 Å². The van der Waals surface area contributed by atoms with Crippen LogP contribution in [-0.4, -0.2) is 24.3 Å². The lowest BCUT2D eigenvalue weighted by Crippen LogP contribution is -2.35. The molecule has 1 rings (SSSR count). The average molecular weight is 169 g/mol. The second kappa shape index (κ2) is 5.33. The molecule has 0 aromatic heterocycles. The van der Waals surface area contributed by atoms with Crippen LogP contribution < -0.4 is 5.32 Å². The quantitative estimate of drug-likeness (QED) is 0.624. The van der Waals surface area contributed by atoms with E-state index in [9.17, 15) is 0 Å². The first kappa shape index (κ1) is 9.75. The number of piperidine rings is 1. The van der Waals surface area contributed by atoms with Crippen LogP contribution in [0.2, 0.25) is 0 Å². The Morgan fingerprint density at radius 3 is 2.92 bits per heavy atom. The summed E-state index contributed by atoms with van der Waals surface area (Å²) < 4.78 is 0. The Hall–Kier alpha value is -0.340. The Bertz CT molecular complexity index is 139.